The maximum Gasteiger partial charge on any atom is 0.260 e. The Morgan fingerprint density at radius 2 is 1.67 bits per heavy atom. The van der Waals surface area contributed by atoms with E-state index in [1.54, 1.807) is 31.2 Å². The average Bonchev–Trinajstić information content (AvgIpc) is 2.59. The molecule has 0 saturated heterocycles. The summed E-state index contributed by atoms with van der Waals surface area (Å²) in [5.74, 6) is -0.634. The molecule has 0 radical (unpaired) electrons. The number of carbonyl (C=O) groups is 1. The van der Waals surface area contributed by atoms with Gasteiger partial charge in [0.05, 0.1) is 22.7 Å². The summed E-state index contributed by atoms with van der Waals surface area (Å²) in [6, 6.07) is 11.3. The third-order valence-electron chi connectivity index (χ3n) is 3.47. The molecule has 0 aliphatic heterocycles. The molecule has 144 valence electrons. The first-order valence-electron chi connectivity index (χ1n) is 7.60. The lowest BCUT2D eigenvalue weighted by atomic mass is 10.1. The van der Waals surface area contributed by atoms with Crippen molar-refractivity contribution < 1.29 is 13.2 Å². The van der Waals surface area contributed by atoms with E-state index in [1.165, 1.54) is 18.2 Å². The second-order valence-electron chi connectivity index (χ2n) is 5.60. The summed E-state index contributed by atoms with van der Waals surface area (Å²) in [4.78, 5) is 12.2. The minimum Gasteiger partial charge on any atom is -0.271 e. The van der Waals surface area contributed by atoms with Gasteiger partial charge >= 0.3 is 0 Å². The number of anilines is 1. The van der Waals surface area contributed by atoms with Crippen LogP contribution in [0.25, 0.3) is 0 Å². The van der Waals surface area contributed by atoms with Crippen molar-refractivity contribution in [2.75, 3.05) is 17.1 Å². The number of rotatable bonds is 6. The highest BCUT2D eigenvalue weighted by molar-refractivity contribution is 7.92. The van der Waals surface area contributed by atoms with Gasteiger partial charge in [-0.2, -0.15) is 5.10 Å². The molecule has 0 spiro atoms. The van der Waals surface area contributed by atoms with Crippen LogP contribution in [0.3, 0.4) is 0 Å². The molecule has 1 amide bonds. The standard InChI is InChI=1S/C17H16Cl3N3O3S/c1-11(12-3-5-13(18)6-4-12)21-22-17(24)10-23(27(2,25)26)16-9-14(19)7-8-15(16)20/h3-9H,10H2,1-2H3,(H,22,24)/b21-11-. The fraction of sp³-hybridized carbons (Fsp3) is 0.176. The summed E-state index contributed by atoms with van der Waals surface area (Å²) in [7, 11) is -3.78. The first-order valence-corrected chi connectivity index (χ1v) is 10.6. The van der Waals surface area contributed by atoms with Crippen LogP contribution in [-0.4, -0.2) is 32.8 Å². The van der Waals surface area contributed by atoms with E-state index < -0.39 is 22.5 Å². The summed E-state index contributed by atoms with van der Waals surface area (Å²) >= 11 is 17.8. The van der Waals surface area contributed by atoms with Crippen molar-refractivity contribution in [3.8, 4) is 0 Å². The van der Waals surface area contributed by atoms with Gasteiger partial charge in [-0.1, -0.05) is 46.9 Å². The second-order valence-corrected chi connectivity index (χ2v) is 8.79. The van der Waals surface area contributed by atoms with Crippen molar-refractivity contribution in [3.63, 3.8) is 0 Å². The van der Waals surface area contributed by atoms with Gasteiger partial charge in [0.15, 0.2) is 0 Å². The molecule has 0 aliphatic rings. The quantitative estimate of drug-likeness (QED) is 0.537. The van der Waals surface area contributed by atoms with Crippen molar-refractivity contribution in [1.29, 1.82) is 0 Å². The second kappa shape index (κ2) is 8.93. The molecule has 0 aromatic heterocycles. The molecular formula is C17H16Cl3N3O3S. The molecule has 0 fully saturated rings. The Hall–Kier alpha value is -1.80. The maximum atomic E-state index is 12.2. The van der Waals surface area contributed by atoms with Gasteiger partial charge < -0.3 is 0 Å². The van der Waals surface area contributed by atoms with Crippen molar-refractivity contribution in [3.05, 3.63) is 63.1 Å². The molecule has 27 heavy (non-hydrogen) atoms. The van der Waals surface area contributed by atoms with Crippen LogP contribution in [0.2, 0.25) is 15.1 Å². The zero-order valence-electron chi connectivity index (χ0n) is 14.4. The van der Waals surface area contributed by atoms with Gasteiger partial charge in [-0.3, -0.25) is 9.10 Å². The first-order chi connectivity index (χ1) is 12.6. The lowest BCUT2D eigenvalue weighted by Gasteiger charge is -2.22. The number of hydrogen-bond donors (Lipinski definition) is 1. The smallest absolute Gasteiger partial charge is 0.260 e. The number of halogens is 3. The SMILES string of the molecule is C/C(=N/NC(=O)CN(c1cc(Cl)ccc1Cl)S(C)(=O)=O)c1ccc(Cl)cc1. The highest BCUT2D eigenvalue weighted by atomic mass is 35.5. The molecule has 0 atom stereocenters. The molecule has 0 bridgehead atoms. The Kier molecular flexibility index (Phi) is 7.11. The Balaban J connectivity index is 2.18. The summed E-state index contributed by atoms with van der Waals surface area (Å²) < 4.78 is 25.1. The summed E-state index contributed by atoms with van der Waals surface area (Å²) in [6.45, 7) is 1.20. The van der Waals surface area contributed by atoms with E-state index in [-0.39, 0.29) is 10.7 Å². The predicted octanol–water partition coefficient (Wildman–Crippen LogP) is 3.95. The van der Waals surface area contributed by atoms with E-state index in [4.69, 9.17) is 34.8 Å². The van der Waals surface area contributed by atoms with Gasteiger partial charge in [0, 0.05) is 10.0 Å². The predicted molar refractivity (Wildman–Crippen MR) is 110 cm³/mol. The van der Waals surface area contributed by atoms with E-state index in [2.05, 4.69) is 10.5 Å². The molecule has 0 unspecified atom stereocenters. The van der Waals surface area contributed by atoms with Crippen LogP contribution in [0.15, 0.2) is 47.6 Å². The van der Waals surface area contributed by atoms with E-state index in [9.17, 15) is 13.2 Å². The molecule has 2 aromatic rings. The van der Waals surface area contributed by atoms with Gasteiger partial charge in [0.1, 0.15) is 6.54 Å². The van der Waals surface area contributed by atoms with Crippen molar-refractivity contribution in [1.82, 2.24) is 5.43 Å². The number of benzene rings is 2. The highest BCUT2D eigenvalue weighted by Crippen LogP contribution is 2.30. The average molecular weight is 449 g/mol. The zero-order valence-corrected chi connectivity index (χ0v) is 17.5. The Morgan fingerprint density at radius 1 is 1.07 bits per heavy atom. The number of amides is 1. The van der Waals surface area contributed by atoms with Gasteiger partial charge in [0.25, 0.3) is 5.91 Å². The Bertz CT molecular complexity index is 977. The summed E-state index contributed by atoms with van der Waals surface area (Å²) in [6.07, 6.45) is 0.972. The molecule has 1 N–H and O–H groups in total. The number of hydrogen-bond acceptors (Lipinski definition) is 4. The number of nitrogens with one attached hydrogen (secondary N) is 1. The summed E-state index contributed by atoms with van der Waals surface area (Å²) in [5, 5.41) is 5.01. The summed E-state index contributed by atoms with van der Waals surface area (Å²) in [5.41, 5.74) is 3.74. The van der Waals surface area contributed by atoms with Crippen molar-refractivity contribution in [2.24, 2.45) is 5.10 Å². The molecule has 0 heterocycles. The van der Waals surface area contributed by atoms with E-state index in [0.29, 0.717) is 15.8 Å². The normalized spacial score (nSPS) is 12.0. The van der Waals surface area contributed by atoms with Crippen molar-refractivity contribution in [2.45, 2.75) is 6.92 Å². The van der Waals surface area contributed by atoms with E-state index in [0.717, 1.165) is 16.1 Å². The first kappa shape index (κ1) is 21.5. The van der Waals surface area contributed by atoms with Gasteiger partial charge in [-0.25, -0.2) is 13.8 Å². The maximum absolute atomic E-state index is 12.2. The zero-order chi connectivity index (χ0) is 20.2. The van der Waals surface area contributed by atoms with E-state index in [1.807, 2.05) is 0 Å². The molecular weight excluding hydrogens is 433 g/mol. The molecule has 0 aliphatic carbocycles. The third-order valence-corrected chi connectivity index (χ3v) is 5.41. The van der Waals surface area contributed by atoms with Crippen LogP contribution in [0.4, 0.5) is 5.69 Å². The third kappa shape index (κ3) is 6.10. The molecule has 2 rings (SSSR count). The van der Waals surface area contributed by atoms with Crippen molar-refractivity contribution >= 4 is 62.1 Å². The van der Waals surface area contributed by atoms with Crippen LogP contribution in [-0.2, 0) is 14.8 Å². The molecule has 6 nitrogen and oxygen atoms in total. The highest BCUT2D eigenvalue weighted by Gasteiger charge is 2.23. The number of sulfonamides is 1. The van der Waals surface area contributed by atoms with Crippen LogP contribution in [0, 0.1) is 0 Å². The van der Waals surface area contributed by atoms with Crippen LogP contribution < -0.4 is 9.73 Å². The Morgan fingerprint density at radius 3 is 2.26 bits per heavy atom. The number of carbonyl (C=O) groups excluding carboxylic acids is 1. The van der Waals surface area contributed by atoms with Gasteiger partial charge in [0.2, 0.25) is 10.0 Å². The number of nitrogens with zero attached hydrogens (tertiary/aromatic N) is 2. The minimum absolute atomic E-state index is 0.111. The van der Waals surface area contributed by atoms with Gasteiger partial charge in [-0.05, 0) is 42.8 Å². The van der Waals surface area contributed by atoms with Crippen LogP contribution in [0.5, 0.6) is 0 Å². The molecule has 0 saturated carbocycles. The monoisotopic (exact) mass is 447 g/mol. The number of hydrazone groups is 1. The fourth-order valence-electron chi connectivity index (χ4n) is 2.13. The van der Waals surface area contributed by atoms with Gasteiger partial charge in [-0.15, -0.1) is 0 Å². The lowest BCUT2D eigenvalue weighted by Crippen LogP contribution is -2.39. The van der Waals surface area contributed by atoms with E-state index >= 15 is 0 Å². The fourth-order valence-corrected chi connectivity index (χ4v) is 3.55. The largest absolute Gasteiger partial charge is 0.271 e. The topological polar surface area (TPSA) is 78.8 Å². The molecule has 2 aromatic carbocycles. The Labute approximate surface area is 172 Å². The van der Waals surface area contributed by atoms with Crippen LogP contribution >= 0.6 is 34.8 Å². The minimum atomic E-state index is -3.78. The lowest BCUT2D eigenvalue weighted by molar-refractivity contribution is -0.119. The molecule has 10 heteroatoms. The van der Waals surface area contributed by atoms with Crippen LogP contribution in [0.1, 0.15) is 12.5 Å².